The fourth-order valence-corrected chi connectivity index (χ4v) is 3.09. The van der Waals surface area contributed by atoms with E-state index in [1.165, 1.54) is 0 Å². The Bertz CT molecular complexity index is 533. The molecule has 5 heteroatoms. The van der Waals surface area contributed by atoms with Crippen molar-refractivity contribution in [2.75, 3.05) is 6.54 Å². The Morgan fingerprint density at radius 3 is 2.86 bits per heavy atom. The second-order valence-electron chi connectivity index (χ2n) is 5.42. The molecule has 1 N–H and O–H groups in total. The van der Waals surface area contributed by atoms with Crippen molar-refractivity contribution in [1.82, 2.24) is 10.2 Å². The average Bonchev–Trinajstić information content (AvgIpc) is 2.59. The number of carbonyl (C=O) groups excluding carboxylic acids is 2. The predicted molar refractivity (Wildman–Crippen MR) is 85.7 cm³/mol. The number of hydrogen-bond acceptors (Lipinski definition) is 2. The van der Waals surface area contributed by atoms with E-state index in [0.29, 0.717) is 19.4 Å². The monoisotopic (exact) mass is 352 g/mol. The van der Waals surface area contributed by atoms with Crippen LogP contribution in [-0.4, -0.2) is 29.3 Å². The van der Waals surface area contributed by atoms with Gasteiger partial charge in [0.2, 0.25) is 11.8 Å². The van der Waals surface area contributed by atoms with Gasteiger partial charge >= 0.3 is 0 Å². The summed E-state index contributed by atoms with van der Waals surface area (Å²) in [4.78, 5) is 26.3. The molecule has 2 rings (SSSR count). The Balaban J connectivity index is 2.23. The fraction of sp³-hybridized carbons (Fsp3) is 0.500. The lowest BCUT2D eigenvalue weighted by Crippen LogP contribution is -2.45. The zero-order chi connectivity index (χ0) is 15.4. The molecular formula is C16H21BrN2O2. The molecular weight excluding hydrogens is 332 g/mol. The molecule has 1 saturated heterocycles. The lowest BCUT2D eigenvalue weighted by molar-refractivity contribution is -0.135. The van der Waals surface area contributed by atoms with Crippen molar-refractivity contribution >= 4 is 27.7 Å². The number of hydrogen-bond donors (Lipinski definition) is 1. The fourth-order valence-electron chi connectivity index (χ4n) is 2.68. The second-order valence-corrected chi connectivity index (χ2v) is 6.34. The highest BCUT2D eigenvalue weighted by Gasteiger charge is 2.32. The van der Waals surface area contributed by atoms with E-state index < -0.39 is 0 Å². The van der Waals surface area contributed by atoms with Crippen molar-refractivity contribution in [3.05, 3.63) is 34.3 Å². The van der Waals surface area contributed by atoms with Crippen LogP contribution in [0.3, 0.4) is 0 Å². The molecule has 2 unspecified atom stereocenters. The molecule has 1 aromatic carbocycles. The minimum atomic E-state index is -0.389. The van der Waals surface area contributed by atoms with Crippen molar-refractivity contribution < 1.29 is 9.59 Å². The van der Waals surface area contributed by atoms with Gasteiger partial charge in [-0.3, -0.25) is 9.59 Å². The highest BCUT2D eigenvalue weighted by atomic mass is 79.9. The minimum Gasteiger partial charge on any atom is -0.344 e. The van der Waals surface area contributed by atoms with E-state index in [2.05, 4.69) is 21.2 Å². The zero-order valence-electron chi connectivity index (χ0n) is 12.4. The zero-order valence-corrected chi connectivity index (χ0v) is 14.0. The van der Waals surface area contributed by atoms with Crippen molar-refractivity contribution in [2.24, 2.45) is 0 Å². The van der Waals surface area contributed by atoms with Crippen molar-refractivity contribution in [3.8, 4) is 0 Å². The Morgan fingerprint density at radius 2 is 2.19 bits per heavy atom. The first kappa shape index (κ1) is 16.0. The van der Waals surface area contributed by atoms with Crippen LogP contribution in [0.4, 0.5) is 0 Å². The molecule has 0 spiro atoms. The summed E-state index contributed by atoms with van der Waals surface area (Å²) in [7, 11) is 0. The van der Waals surface area contributed by atoms with E-state index >= 15 is 0 Å². The molecule has 0 radical (unpaired) electrons. The van der Waals surface area contributed by atoms with E-state index in [1.54, 1.807) is 0 Å². The first-order chi connectivity index (χ1) is 10.0. The van der Waals surface area contributed by atoms with Gasteiger partial charge in [0.25, 0.3) is 0 Å². The smallest absolute Gasteiger partial charge is 0.245 e. The summed E-state index contributed by atoms with van der Waals surface area (Å²) >= 11 is 3.46. The van der Waals surface area contributed by atoms with Gasteiger partial charge in [-0.15, -0.1) is 0 Å². The molecule has 2 atom stereocenters. The maximum Gasteiger partial charge on any atom is 0.245 e. The van der Waals surface area contributed by atoms with Gasteiger partial charge < -0.3 is 10.2 Å². The highest BCUT2D eigenvalue weighted by Crippen LogP contribution is 2.25. The van der Waals surface area contributed by atoms with Gasteiger partial charge in [0, 0.05) is 17.4 Å². The third kappa shape index (κ3) is 3.84. The Hall–Kier alpha value is -1.36. The quantitative estimate of drug-likeness (QED) is 0.905. The molecule has 1 aromatic rings. The van der Waals surface area contributed by atoms with E-state index in [4.69, 9.17) is 0 Å². The van der Waals surface area contributed by atoms with Crippen LogP contribution in [-0.2, 0) is 9.59 Å². The number of nitrogens with one attached hydrogen (secondary N) is 1. The van der Waals surface area contributed by atoms with Gasteiger partial charge in [-0.05, 0) is 31.0 Å². The highest BCUT2D eigenvalue weighted by molar-refractivity contribution is 9.10. The first-order valence-electron chi connectivity index (χ1n) is 7.38. The number of halogens is 1. The van der Waals surface area contributed by atoms with E-state index in [0.717, 1.165) is 16.5 Å². The van der Waals surface area contributed by atoms with E-state index in [-0.39, 0.29) is 23.9 Å². The molecule has 1 fully saturated rings. The molecule has 21 heavy (non-hydrogen) atoms. The predicted octanol–water partition coefficient (Wildman–Crippen LogP) is 3.03. The summed E-state index contributed by atoms with van der Waals surface area (Å²) < 4.78 is 0.994. The number of rotatable bonds is 4. The Labute approximate surface area is 134 Å². The van der Waals surface area contributed by atoms with Crippen LogP contribution in [0.25, 0.3) is 0 Å². The van der Waals surface area contributed by atoms with Crippen LogP contribution in [0.15, 0.2) is 28.7 Å². The van der Waals surface area contributed by atoms with Gasteiger partial charge in [0.05, 0.1) is 6.04 Å². The number of carbonyl (C=O) groups is 2. The number of amides is 2. The summed E-state index contributed by atoms with van der Waals surface area (Å²) in [5.74, 6) is -0.0130. The lowest BCUT2D eigenvalue weighted by Gasteiger charge is -2.30. The van der Waals surface area contributed by atoms with Crippen LogP contribution in [0.2, 0.25) is 0 Å². The molecule has 1 aliphatic rings. The molecule has 0 aromatic heterocycles. The largest absolute Gasteiger partial charge is 0.344 e. The number of nitrogens with zero attached hydrogens (tertiary/aromatic N) is 1. The lowest BCUT2D eigenvalue weighted by atomic mass is 10.0. The molecule has 1 aliphatic heterocycles. The summed E-state index contributed by atoms with van der Waals surface area (Å²) in [6.45, 7) is 4.50. The molecule has 0 saturated carbocycles. The Morgan fingerprint density at radius 1 is 1.43 bits per heavy atom. The standard InChI is InChI=1S/C16H21BrN2O2/c1-3-5-14-16(21)19(9-8-15(20)18-14)11(2)12-6-4-7-13(17)10-12/h4,6-7,10-11,14H,3,5,8-9H2,1-2H3,(H,18,20). The van der Waals surface area contributed by atoms with Crippen LogP contribution in [0.5, 0.6) is 0 Å². The van der Waals surface area contributed by atoms with E-state index in [1.807, 2.05) is 43.0 Å². The van der Waals surface area contributed by atoms with Gasteiger partial charge in [-0.1, -0.05) is 41.4 Å². The third-order valence-electron chi connectivity index (χ3n) is 3.87. The summed E-state index contributed by atoms with van der Waals surface area (Å²) in [6.07, 6.45) is 1.92. The van der Waals surface area contributed by atoms with Crippen molar-refractivity contribution in [3.63, 3.8) is 0 Å². The summed E-state index contributed by atoms with van der Waals surface area (Å²) in [6, 6.07) is 7.53. The normalized spacial score (nSPS) is 20.9. The van der Waals surface area contributed by atoms with Crippen molar-refractivity contribution in [2.45, 2.75) is 45.2 Å². The van der Waals surface area contributed by atoms with E-state index in [9.17, 15) is 9.59 Å². The SMILES string of the molecule is CCCC1NC(=O)CCN(C(C)c2cccc(Br)c2)C1=O. The molecule has 2 amide bonds. The third-order valence-corrected chi connectivity index (χ3v) is 4.37. The first-order valence-corrected chi connectivity index (χ1v) is 8.17. The van der Waals surface area contributed by atoms with Gasteiger partial charge in [-0.2, -0.15) is 0 Å². The average molecular weight is 353 g/mol. The van der Waals surface area contributed by atoms with Crippen LogP contribution in [0, 0.1) is 0 Å². The number of benzene rings is 1. The summed E-state index contributed by atoms with van der Waals surface area (Å²) in [5, 5.41) is 2.84. The molecule has 114 valence electrons. The van der Waals surface area contributed by atoms with Gasteiger partial charge in [0.15, 0.2) is 0 Å². The van der Waals surface area contributed by atoms with Crippen LogP contribution >= 0.6 is 15.9 Å². The molecule has 4 nitrogen and oxygen atoms in total. The Kier molecular flexibility index (Phi) is 5.39. The van der Waals surface area contributed by atoms with Gasteiger partial charge in [-0.25, -0.2) is 0 Å². The maximum absolute atomic E-state index is 12.7. The van der Waals surface area contributed by atoms with Crippen LogP contribution < -0.4 is 5.32 Å². The molecule has 1 heterocycles. The summed E-state index contributed by atoms with van der Waals surface area (Å²) in [5.41, 5.74) is 1.07. The van der Waals surface area contributed by atoms with Crippen LogP contribution in [0.1, 0.15) is 44.7 Å². The molecule has 0 aliphatic carbocycles. The molecule has 0 bridgehead atoms. The van der Waals surface area contributed by atoms with Gasteiger partial charge in [0.1, 0.15) is 6.04 Å². The second kappa shape index (κ2) is 7.07. The minimum absolute atomic E-state index is 0.0233. The maximum atomic E-state index is 12.7. The van der Waals surface area contributed by atoms with Crippen molar-refractivity contribution in [1.29, 1.82) is 0 Å². The topological polar surface area (TPSA) is 49.4 Å².